The van der Waals surface area contributed by atoms with Crippen molar-refractivity contribution in [2.24, 2.45) is 78.3 Å². The van der Waals surface area contributed by atoms with E-state index in [0.29, 0.717) is 69.5 Å². The van der Waals surface area contributed by atoms with E-state index < -0.39 is 27.2 Å². The van der Waals surface area contributed by atoms with Crippen molar-refractivity contribution >= 4 is 15.8 Å². The lowest BCUT2D eigenvalue weighted by Gasteiger charge is -2.41. The Morgan fingerprint density at radius 2 is 0.965 bits per heavy atom. The van der Waals surface area contributed by atoms with Crippen molar-refractivity contribution in [1.82, 2.24) is 10.1 Å². The standard InChI is InChI=1S/C11H20O.C10H18N2O2.C9H16O2.C9H18O.C8H16O2.C8H16O.C7H14O2S.C7H14O.CH4/c1-10(2,3)9-8-11(9)4-6-12-7-5-11;1-9(2,3)6-10(4,5)7-11-8(13)14-12-7;1-9(2,3)7-4-6(5-7)8(10)11;1-8(2,3)7-9(10)5-4-6-9;1-7(2,3)4-8(9)5-10-6-8;1-7(2,3)6-8(9)4-5-8;1-7(2,3)6-4-10(8,9)5-6;1-7(2,3)6-4-8-5-6;/h9H,4-8H2,1-3H3;6H2,1-5H3,(H,11,12,13);6-7H,4-5H2,1-3H3,(H,10,11);10H,4-7H2,1-3H3;9H,4-6H2,1-3H3;9H,4-6H2,1-3H3;6H,4-5H2,1-3H3;6H,4-5H2,1-3H3;1H4. The molecule has 4 aliphatic carbocycles. The highest BCUT2D eigenvalue weighted by Crippen LogP contribution is 2.65. The molecule has 0 amide bonds. The second-order valence-electron chi connectivity index (χ2n) is 37.2. The maximum absolute atomic E-state index is 10.8. The van der Waals surface area contributed by atoms with Gasteiger partial charge >= 0.3 is 11.7 Å². The van der Waals surface area contributed by atoms with Crippen LogP contribution in [0.15, 0.2) is 9.32 Å². The van der Waals surface area contributed by atoms with Gasteiger partial charge in [0.2, 0.25) is 0 Å². The molecule has 15 heteroatoms. The lowest BCUT2D eigenvalue weighted by Crippen LogP contribution is -2.51. The molecule has 8 aliphatic rings. The number of aliphatic hydroxyl groups is 3. The van der Waals surface area contributed by atoms with Gasteiger partial charge in [0.25, 0.3) is 0 Å². The molecule has 5 N–H and O–H groups in total. The van der Waals surface area contributed by atoms with Crippen molar-refractivity contribution in [2.45, 2.75) is 300 Å². The topological polar surface area (TPSA) is 219 Å². The van der Waals surface area contributed by atoms with Gasteiger partial charge in [-0.25, -0.2) is 13.2 Å². The maximum Gasteiger partial charge on any atom is 0.438 e. The zero-order chi connectivity index (χ0) is 65.4. The monoisotopic (exact) mass is 1230 g/mol. The van der Waals surface area contributed by atoms with E-state index in [9.17, 15) is 33.3 Å². The van der Waals surface area contributed by atoms with Crippen molar-refractivity contribution in [3.8, 4) is 0 Å². The van der Waals surface area contributed by atoms with Crippen molar-refractivity contribution in [1.29, 1.82) is 0 Å². The number of aliphatic carboxylic acids is 1. The molecule has 1 unspecified atom stereocenters. The molecule has 0 aromatic carbocycles. The van der Waals surface area contributed by atoms with Crippen LogP contribution in [0.3, 0.4) is 0 Å². The molecular weight excluding hydrogens is 1090 g/mol. The molecule has 4 saturated carbocycles. The van der Waals surface area contributed by atoms with Gasteiger partial charge in [-0.3, -0.25) is 14.3 Å². The summed E-state index contributed by atoms with van der Waals surface area (Å²) in [5.74, 6) is 3.04. The third-order valence-electron chi connectivity index (χ3n) is 17.9. The highest BCUT2D eigenvalue weighted by molar-refractivity contribution is 7.92. The summed E-state index contributed by atoms with van der Waals surface area (Å²) in [5, 5.41) is 41.2. The molecule has 4 aliphatic heterocycles. The van der Waals surface area contributed by atoms with Crippen molar-refractivity contribution in [3.05, 3.63) is 16.4 Å². The van der Waals surface area contributed by atoms with Gasteiger partial charge < -0.3 is 34.6 Å². The summed E-state index contributed by atoms with van der Waals surface area (Å²) < 4.78 is 41.4. The van der Waals surface area contributed by atoms with Gasteiger partial charge in [-0.15, -0.1) is 0 Å². The summed E-state index contributed by atoms with van der Waals surface area (Å²) >= 11 is 0. The first kappa shape index (κ1) is 81.1. The van der Waals surface area contributed by atoms with Gasteiger partial charge in [-0.05, 0) is 156 Å². The first-order valence-electron chi connectivity index (χ1n) is 32.2. The van der Waals surface area contributed by atoms with Crippen molar-refractivity contribution < 1.29 is 52.4 Å². The van der Waals surface area contributed by atoms with E-state index in [1.54, 1.807) is 0 Å². The molecule has 1 aromatic heterocycles. The second kappa shape index (κ2) is 30.0. The Balaban J connectivity index is 0.000000487. The van der Waals surface area contributed by atoms with Gasteiger partial charge in [0.05, 0.1) is 55.1 Å². The zero-order valence-electron chi connectivity index (χ0n) is 58.9. The van der Waals surface area contributed by atoms with Crippen LogP contribution in [0, 0.1) is 78.3 Å². The molecule has 0 bridgehead atoms. The molecule has 9 rings (SSSR count). The van der Waals surface area contributed by atoms with E-state index in [1.807, 2.05) is 13.8 Å². The van der Waals surface area contributed by atoms with Crippen molar-refractivity contribution in [3.63, 3.8) is 0 Å². The number of H-pyrrole nitrogens is 1. The SMILES string of the molecule is C.CC(C)(C)C1CC(C(=O)O)C1.CC(C)(C)C1CC12CCOCC2.CC(C)(C)C1COC1.CC(C)(C)C1CS(=O)(=O)C1.CC(C)(C)CC(C)(C)c1noc(=O)[nH]1.CC(C)(C)CC1(O)CC1.CC(C)(C)CC1(O)CCC1.CC(C)(C)CC1(O)COC1. The van der Waals surface area contributed by atoms with E-state index >= 15 is 0 Å². The third kappa shape index (κ3) is 31.6. The molecular formula is C70H136N2O12S. The number of aromatic amines is 1. The van der Waals surface area contributed by atoms with E-state index in [1.165, 1.54) is 25.7 Å². The van der Waals surface area contributed by atoms with Gasteiger partial charge in [-0.1, -0.05) is 193 Å². The Bertz CT molecular complexity index is 2240. The summed E-state index contributed by atoms with van der Waals surface area (Å²) in [6.45, 7) is 61.7. The summed E-state index contributed by atoms with van der Waals surface area (Å²) in [6, 6.07) is 0. The highest BCUT2D eigenvalue weighted by Gasteiger charge is 2.58. The number of carboxylic acid groups (broad SMARTS) is 1. The number of rotatable bonds is 6. The minimum atomic E-state index is -2.61. The predicted molar refractivity (Wildman–Crippen MR) is 351 cm³/mol. The number of nitrogens with zero attached hydrogens (tertiary/aromatic N) is 1. The van der Waals surface area contributed by atoms with Crippen LogP contribution < -0.4 is 5.76 Å². The summed E-state index contributed by atoms with van der Waals surface area (Å²) in [7, 11) is -2.61. The third-order valence-corrected chi connectivity index (χ3v) is 19.7. The largest absolute Gasteiger partial charge is 0.481 e. The van der Waals surface area contributed by atoms with Crippen LogP contribution in [0.1, 0.15) is 283 Å². The Morgan fingerprint density at radius 3 is 1.16 bits per heavy atom. The molecule has 14 nitrogen and oxygen atoms in total. The van der Waals surface area contributed by atoms with E-state index in [2.05, 4.69) is 181 Å². The number of sulfone groups is 1. The van der Waals surface area contributed by atoms with Crippen LogP contribution in [0.25, 0.3) is 0 Å². The molecule has 4 saturated heterocycles. The number of carboxylic acids is 1. The van der Waals surface area contributed by atoms with Crippen LogP contribution in [0.5, 0.6) is 0 Å². The van der Waals surface area contributed by atoms with E-state index in [4.69, 9.17) is 19.3 Å². The number of aromatic nitrogens is 2. The van der Waals surface area contributed by atoms with Gasteiger partial charge in [-0.2, -0.15) is 0 Å². The number of carbonyl (C=O) groups is 1. The average Bonchev–Trinajstić information content (AvgIpc) is 4.03. The number of hydrogen-bond acceptors (Lipinski definition) is 12. The molecule has 0 radical (unpaired) electrons. The normalized spacial score (nSPS) is 24.4. The van der Waals surface area contributed by atoms with Gasteiger partial charge in [0.15, 0.2) is 15.7 Å². The molecule has 85 heavy (non-hydrogen) atoms. The van der Waals surface area contributed by atoms with Crippen LogP contribution in [0.2, 0.25) is 0 Å². The Hall–Kier alpha value is -1.88. The van der Waals surface area contributed by atoms with Gasteiger partial charge in [0, 0.05) is 24.5 Å². The lowest BCUT2D eigenvalue weighted by atomic mass is 9.63. The van der Waals surface area contributed by atoms with Crippen LogP contribution in [-0.4, -0.2) is 113 Å². The number of hydrogen-bond donors (Lipinski definition) is 5. The van der Waals surface area contributed by atoms with Crippen LogP contribution >= 0.6 is 0 Å². The average molecular weight is 1230 g/mol. The molecule has 1 atom stereocenters. The fourth-order valence-electron chi connectivity index (χ4n) is 12.6. The highest BCUT2D eigenvalue weighted by atomic mass is 32.2. The number of nitrogens with one attached hydrogen (secondary N) is 1. The molecule has 8 fully saturated rings. The smallest absolute Gasteiger partial charge is 0.438 e. The fraction of sp³-hybridized carbons (Fsp3) is 0.957. The van der Waals surface area contributed by atoms with Crippen LogP contribution in [0.4, 0.5) is 0 Å². The maximum atomic E-state index is 10.8. The quantitative estimate of drug-likeness (QED) is 0.179. The summed E-state index contributed by atoms with van der Waals surface area (Å²) in [4.78, 5) is 23.9. The molecule has 504 valence electrons. The van der Waals surface area contributed by atoms with E-state index in [0.717, 1.165) is 102 Å². The molecule has 1 aromatic rings. The predicted octanol–water partition coefficient (Wildman–Crippen LogP) is 15.9. The first-order valence-corrected chi connectivity index (χ1v) is 34.0. The van der Waals surface area contributed by atoms with E-state index in [-0.39, 0.29) is 51.6 Å². The zero-order valence-corrected chi connectivity index (χ0v) is 59.7. The van der Waals surface area contributed by atoms with Crippen molar-refractivity contribution in [2.75, 3.05) is 51.1 Å². The minimum absolute atomic E-state index is 0. The Morgan fingerprint density at radius 1 is 0.553 bits per heavy atom. The lowest BCUT2D eigenvalue weighted by molar-refractivity contribution is -0.192. The van der Waals surface area contributed by atoms with Gasteiger partial charge in [0.1, 0.15) is 5.60 Å². The van der Waals surface area contributed by atoms with Crippen LogP contribution in [-0.2, 0) is 34.3 Å². The number of ether oxygens (including phenoxy) is 3. The second-order valence-corrected chi connectivity index (χ2v) is 39.4. The first-order chi connectivity index (χ1) is 37.3. The Kier molecular flexibility index (Phi) is 28.7. The molecule has 1 spiro atoms. The Labute approximate surface area is 521 Å². The summed E-state index contributed by atoms with van der Waals surface area (Å²) in [5.41, 5.74) is 1.92. The fourth-order valence-corrected chi connectivity index (χ4v) is 14.8. The minimum Gasteiger partial charge on any atom is -0.481 e. The summed E-state index contributed by atoms with van der Waals surface area (Å²) in [6.07, 6.45) is 14.8. The molecule has 5 heterocycles.